The summed E-state index contributed by atoms with van der Waals surface area (Å²) in [5, 5.41) is 0. The van der Waals surface area contributed by atoms with Gasteiger partial charge in [0.05, 0.1) is 0 Å². The molecule has 1 aliphatic rings. The van der Waals surface area contributed by atoms with E-state index in [2.05, 4.69) is 43.3 Å². The van der Waals surface area contributed by atoms with Crippen molar-refractivity contribution in [3.05, 3.63) is 41.5 Å². The Morgan fingerprint density at radius 1 is 1.12 bits per heavy atom. The van der Waals surface area contributed by atoms with Crippen LogP contribution in [-0.2, 0) is 0 Å². The molecule has 0 unspecified atom stereocenters. The fourth-order valence-electron chi connectivity index (χ4n) is 2.52. The average Bonchev–Trinajstić information content (AvgIpc) is 2.38. The van der Waals surface area contributed by atoms with Crippen molar-refractivity contribution in [1.82, 2.24) is 0 Å². The first-order chi connectivity index (χ1) is 8.29. The second kappa shape index (κ2) is 6.00. The van der Waals surface area contributed by atoms with Crippen molar-refractivity contribution in [3.63, 3.8) is 0 Å². The summed E-state index contributed by atoms with van der Waals surface area (Å²) in [6.45, 7) is 2.14. The summed E-state index contributed by atoms with van der Waals surface area (Å²) in [6.07, 6.45) is 8.33. The van der Waals surface area contributed by atoms with E-state index in [4.69, 9.17) is 0 Å². The van der Waals surface area contributed by atoms with E-state index in [0.29, 0.717) is 5.92 Å². The lowest BCUT2D eigenvalue weighted by Crippen LogP contribution is -2.13. The van der Waals surface area contributed by atoms with Gasteiger partial charge in [0.1, 0.15) is 6.17 Å². The summed E-state index contributed by atoms with van der Waals surface area (Å²) in [5.41, 5.74) is 2.64. The molecule has 1 aromatic rings. The first-order valence-corrected chi connectivity index (χ1v) is 6.70. The highest BCUT2D eigenvalue weighted by atomic mass is 19.1. The first-order valence-electron chi connectivity index (χ1n) is 6.70. The zero-order chi connectivity index (χ0) is 12.1. The van der Waals surface area contributed by atoms with Crippen molar-refractivity contribution in [2.45, 2.75) is 51.1 Å². The average molecular weight is 232 g/mol. The maximum Gasteiger partial charge on any atom is 0.100 e. The maximum absolute atomic E-state index is 13.1. The van der Waals surface area contributed by atoms with Crippen LogP contribution in [0.5, 0.6) is 0 Å². The molecule has 1 aromatic carbocycles. The van der Waals surface area contributed by atoms with Crippen LogP contribution in [0.2, 0.25) is 0 Å². The minimum atomic E-state index is -0.557. The number of hydrogen-bond acceptors (Lipinski definition) is 0. The van der Waals surface area contributed by atoms with Gasteiger partial charge < -0.3 is 0 Å². The molecule has 1 saturated carbocycles. The molecule has 1 aliphatic carbocycles. The molecule has 0 spiro atoms. The normalized spacial score (nSPS) is 25.3. The molecule has 92 valence electrons. The topological polar surface area (TPSA) is 0 Å². The third-order valence-electron chi connectivity index (χ3n) is 3.61. The highest BCUT2D eigenvalue weighted by Crippen LogP contribution is 2.34. The number of halogens is 1. The van der Waals surface area contributed by atoms with Gasteiger partial charge in [0.2, 0.25) is 0 Å². The molecule has 0 amide bonds. The molecule has 0 aromatic heterocycles. The van der Waals surface area contributed by atoms with Gasteiger partial charge in [0.15, 0.2) is 0 Å². The van der Waals surface area contributed by atoms with E-state index < -0.39 is 6.17 Å². The molecule has 0 heterocycles. The fourth-order valence-corrected chi connectivity index (χ4v) is 2.52. The lowest BCUT2D eigenvalue weighted by molar-refractivity contribution is 0.235. The second-order valence-corrected chi connectivity index (χ2v) is 4.93. The molecule has 0 atom stereocenters. The molecule has 0 nitrogen and oxygen atoms in total. The largest absolute Gasteiger partial charge is 0.247 e. The van der Waals surface area contributed by atoms with Gasteiger partial charge >= 0.3 is 0 Å². The summed E-state index contributed by atoms with van der Waals surface area (Å²) < 4.78 is 13.1. The third kappa shape index (κ3) is 3.42. The summed E-state index contributed by atoms with van der Waals surface area (Å²) >= 11 is 0. The van der Waals surface area contributed by atoms with Crippen molar-refractivity contribution in [3.8, 4) is 0 Å². The Morgan fingerprint density at radius 3 is 2.35 bits per heavy atom. The highest BCUT2D eigenvalue weighted by molar-refractivity contribution is 5.49. The van der Waals surface area contributed by atoms with E-state index in [-0.39, 0.29) is 0 Å². The van der Waals surface area contributed by atoms with E-state index in [1.54, 1.807) is 0 Å². The molecule has 2 rings (SSSR count). The highest BCUT2D eigenvalue weighted by Gasteiger charge is 2.21. The van der Waals surface area contributed by atoms with Crippen LogP contribution in [0.15, 0.2) is 30.3 Å². The fraction of sp³-hybridized carbons (Fsp3) is 0.500. The predicted molar refractivity (Wildman–Crippen MR) is 71.9 cm³/mol. The predicted octanol–water partition coefficient (Wildman–Crippen LogP) is 5.11. The molecule has 1 fully saturated rings. The van der Waals surface area contributed by atoms with Crippen LogP contribution >= 0.6 is 0 Å². The summed E-state index contributed by atoms with van der Waals surface area (Å²) in [5.74, 6) is 0.575. The molecule has 0 aliphatic heterocycles. The molecule has 0 N–H and O–H groups in total. The van der Waals surface area contributed by atoms with E-state index in [9.17, 15) is 4.39 Å². The molecule has 17 heavy (non-hydrogen) atoms. The van der Waals surface area contributed by atoms with Gasteiger partial charge in [-0.15, -0.1) is 0 Å². The van der Waals surface area contributed by atoms with E-state index in [1.807, 2.05) is 0 Å². The second-order valence-electron chi connectivity index (χ2n) is 4.93. The molecule has 0 radical (unpaired) electrons. The Morgan fingerprint density at radius 2 is 1.76 bits per heavy atom. The summed E-state index contributed by atoms with van der Waals surface area (Å²) in [4.78, 5) is 0. The van der Waals surface area contributed by atoms with Crippen molar-refractivity contribution >= 4 is 6.08 Å². The summed E-state index contributed by atoms with van der Waals surface area (Å²) in [6, 6.07) is 8.75. The van der Waals surface area contributed by atoms with Crippen LogP contribution in [0.3, 0.4) is 0 Å². The molecular weight excluding hydrogens is 211 g/mol. The molecular formula is C16H21F. The van der Waals surface area contributed by atoms with Gasteiger partial charge in [-0.2, -0.15) is 0 Å². The zero-order valence-corrected chi connectivity index (χ0v) is 10.5. The van der Waals surface area contributed by atoms with Crippen molar-refractivity contribution in [1.29, 1.82) is 0 Å². The van der Waals surface area contributed by atoms with Crippen LogP contribution in [0, 0.1) is 0 Å². The van der Waals surface area contributed by atoms with Crippen molar-refractivity contribution in [2.24, 2.45) is 0 Å². The quantitative estimate of drug-likeness (QED) is 0.679. The Balaban J connectivity index is 2.00. The molecule has 1 heteroatoms. The Kier molecular flexibility index (Phi) is 4.36. The van der Waals surface area contributed by atoms with Crippen LogP contribution in [0.25, 0.3) is 6.08 Å². The van der Waals surface area contributed by atoms with Gasteiger partial charge in [-0.25, -0.2) is 4.39 Å². The van der Waals surface area contributed by atoms with E-state index >= 15 is 0 Å². The van der Waals surface area contributed by atoms with Crippen molar-refractivity contribution < 1.29 is 4.39 Å². The Labute approximate surface area is 104 Å². The SMILES string of the molecule is CC/C=C/c1ccc(C2CCC(F)CC2)cc1. The van der Waals surface area contributed by atoms with Gasteiger partial charge in [0.25, 0.3) is 0 Å². The van der Waals surface area contributed by atoms with Crippen LogP contribution in [-0.4, -0.2) is 6.17 Å². The third-order valence-corrected chi connectivity index (χ3v) is 3.61. The maximum atomic E-state index is 13.1. The lowest BCUT2D eigenvalue weighted by atomic mass is 9.83. The summed E-state index contributed by atoms with van der Waals surface area (Å²) in [7, 11) is 0. The van der Waals surface area contributed by atoms with Gasteiger partial charge in [-0.05, 0) is 49.1 Å². The van der Waals surface area contributed by atoms with E-state index in [0.717, 1.165) is 32.1 Å². The van der Waals surface area contributed by atoms with Crippen molar-refractivity contribution in [2.75, 3.05) is 0 Å². The smallest absolute Gasteiger partial charge is 0.100 e. The van der Waals surface area contributed by atoms with Gasteiger partial charge in [-0.3, -0.25) is 0 Å². The number of hydrogen-bond donors (Lipinski definition) is 0. The number of allylic oxidation sites excluding steroid dienone is 1. The minimum Gasteiger partial charge on any atom is -0.247 e. The molecule has 0 bridgehead atoms. The Bertz CT molecular complexity index is 356. The first kappa shape index (κ1) is 12.3. The van der Waals surface area contributed by atoms with Crippen LogP contribution in [0.4, 0.5) is 4.39 Å². The monoisotopic (exact) mass is 232 g/mol. The van der Waals surface area contributed by atoms with E-state index in [1.165, 1.54) is 11.1 Å². The zero-order valence-electron chi connectivity index (χ0n) is 10.5. The Hall–Kier alpha value is -1.11. The lowest BCUT2D eigenvalue weighted by Gasteiger charge is -2.24. The van der Waals surface area contributed by atoms with Gasteiger partial charge in [-0.1, -0.05) is 43.3 Å². The number of alkyl halides is 1. The standard InChI is InChI=1S/C16H21F/c1-2-3-4-13-5-7-14(8-6-13)15-9-11-16(17)12-10-15/h3-8,15-16H,2,9-12H2,1H3/b4-3+. The minimum absolute atomic E-state index is 0.557. The number of benzene rings is 1. The molecule has 0 saturated heterocycles. The van der Waals surface area contributed by atoms with Crippen LogP contribution < -0.4 is 0 Å². The van der Waals surface area contributed by atoms with Gasteiger partial charge in [0, 0.05) is 0 Å². The van der Waals surface area contributed by atoms with Crippen LogP contribution in [0.1, 0.15) is 56.1 Å². The number of rotatable bonds is 3.